The number of benzene rings is 6. The average Bonchev–Trinajstić information content (AvgIpc) is 3.32. The van der Waals surface area contributed by atoms with Crippen molar-refractivity contribution in [3.8, 4) is 33.5 Å². The summed E-state index contributed by atoms with van der Waals surface area (Å²) >= 11 is 0. The third-order valence-corrected chi connectivity index (χ3v) is 9.82. The zero-order valence-electron chi connectivity index (χ0n) is 23.6. The number of nitrogens with zero attached hydrogens (tertiary/aromatic N) is 1. The number of hydrogen-bond donors (Lipinski definition) is 0. The Labute approximate surface area is 246 Å². The lowest BCUT2D eigenvalue weighted by molar-refractivity contribution is 0.713. The lowest BCUT2D eigenvalue weighted by atomic mass is 9.71. The van der Waals surface area contributed by atoms with Gasteiger partial charge in [0.25, 0.3) is 0 Å². The molecule has 0 aliphatic heterocycles. The van der Waals surface area contributed by atoms with Crippen molar-refractivity contribution in [2.45, 2.75) is 25.2 Å². The Balaban J connectivity index is 1.39. The third kappa shape index (κ3) is 3.17. The molecule has 0 N–H and O–H groups in total. The quantitative estimate of drug-likeness (QED) is 0.201. The molecule has 0 fully saturated rings. The van der Waals surface area contributed by atoms with Crippen LogP contribution in [0.25, 0.3) is 55.2 Å². The van der Waals surface area contributed by atoms with Gasteiger partial charge in [-0.1, -0.05) is 121 Å². The number of rotatable bonds is 2. The molecule has 0 bridgehead atoms. The van der Waals surface area contributed by atoms with E-state index in [9.17, 15) is 0 Å². The predicted molar refractivity (Wildman–Crippen MR) is 175 cm³/mol. The summed E-state index contributed by atoms with van der Waals surface area (Å²) in [5.41, 5.74) is 15.4. The molecule has 0 saturated carbocycles. The first-order valence-electron chi connectivity index (χ1n) is 14.9. The first-order chi connectivity index (χ1) is 20.7. The molecule has 1 heteroatoms. The van der Waals surface area contributed by atoms with E-state index in [0.29, 0.717) is 0 Å². The van der Waals surface area contributed by atoms with E-state index in [0.717, 1.165) is 24.1 Å². The summed E-state index contributed by atoms with van der Waals surface area (Å²) in [6.07, 6.45) is 2.17. The molecule has 0 spiro atoms. The second-order valence-electron chi connectivity index (χ2n) is 12.0. The van der Waals surface area contributed by atoms with Crippen LogP contribution < -0.4 is 0 Å². The minimum atomic E-state index is -0.317. The highest BCUT2D eigenvalue weighted by molar-refractivity contribution is 6.11. The molecule has 1 heterocycles. The van der Waals surface area contributed by atoms with Crippen molar-refractivity contribution >= 4 is 21.7 Å². The normalized spacial score (nSPS) is 16.6. The van der Waals surface area contributed by atoms with Gasteiger partial charge in [-0.25, -0.2) is 4.98 Å². The van der Waals surface area contributed by atoms with Gasteiger partial charge < -0.3 is 0 Å². The standard InChI is InChI=1S/C41H29N/c1-41(28-13-3-2-4-14-28)37-24-27-23-22-26-12-5-6-15-29(26)35(27)25-36(37)32-19-11-20-34(39(32)41)40-33-18-8-7-16-30(33)31-17-9-10-21-38(31)42-40/h2-21,24-25H,22-23H2,1H3. The zero-order chi connectivity index (χ0) is 27.8. The van der Waals surface area contributed by atoms with Crippen LogP contribution in [0.1, 0.15) is 34.7 Å². The van der Waals surface area contributed by atoms with Crippen LogP contribution in [0.3, 0.4) is 0 Å². The molecular weight excluding hydrogens is 506 g/mol. The Morgan fingerprint density at radius 3 is 2.05 bits per heavy atom. The number of aryl methyl sites for hydroxylation is 2. The first-order valence-corrected chi connectivity index (χ1v) is 14.9. The van der Waals surface area contributed by atoms with Crippen LogP contribution in [-0.2, 0) is 18.3 Å². The van der Waals surface area contributed by atoms with Crippen molar-refractivity contribution < 1.29 is 0 Å². The van der Waals surface area contributed by atoms with Gasteiger partial charge in [0.15, 0.2) is 0 Å². The molecule has 2 aliphatic rings. The Morgan fingerprint density at radius 2 is 1.17 bits per heavy atom. The minimum Gasteiger partial charge on any atom is -0.247 e. The molecule has 198 valence electrons. The van der Waals surface area contributed by atoms with Gasteiger partial charge in [-0.2, -0.15) is 0 Å². The summed E-state index contributed by atoms with van der Waals surface area (Å²) in [7, 11) is 0. The Bertz CT molecular complexity index is 2210. The molecule has 1 atom stereocenters. The highest BCUT2D eigenvalue weighted by Gasteiger charge is 2.43. The molecule has 0 saturated heterocycles. The van der Waals surface area contributed by atoms with Crippen LogP contribution in [0.2, 0.25) is 0 Å². The van der Waals surface area contributed by atoms with Crippen molar-refractivity contribution in [3.63, 3.8) is 0 Å². The van der Waals surface area contributed by atoms with Gasteiger partial charge in [0.1, 0.15) is 0 Å². The molecule has 0 radical (unpaired) electrons. The fourth-order valence-corrected chi connectivity index (χ4v) is 7.84. The fourth-order valence-electron chi connectivity index (χ4n) is 7.84. The molecule has 42 heavy (non-hydrogen) atoms. The summed E-state index contributed by atoms with van der Waals surface area (Å²) in [6, 6.07) is 49.2. The first kappa shape index (κ1) is 23.7. The molecule has 6 aromatic carbocycles. The summed E-state index contributed by atoms with van der Waals surface area (Å²) < 4.78 is 0. The van der Waals surface area contributed by atoms with Gasteiger partial charge in [-0.3, -0.25) is 0 Å². The van der Waals surface area contributed by atoms with Crippen molar-refractivity contribution in [1.82, 2.24) is 4.98 Å². The number of pyridine rings is 1. The molecule has 1 aromatic heterocycles. The largest absolute Gasteiger partial charge is 0.247 e. The number of aromatic nitrogens is 1. The van der Waals surface area contributed by atoms with Crippen LogP contribution in [0.15, 0.2) is 133 Å². The van der Waals surface area contributed by atoms with Gasteiger partial charge in [-0.05, 0) is 87.4 Å². The van der Waals surface area contributed by atoms with Crippen LogP contribution in [-0.4, -0.2) is 4.98 Å². The van der Waals surface area contributed by atoms with Gasteiger partial charge in [0, 0.05) is 21.8 Å². The summed E-state index contributed by atoms with van der Waals surface area (Å²) in [5, 5.41) is 3.65. The molecule has 1 unspecified atom stereocenters. The van der Waals surface area contributed by atoms with Crippen LogP contribution >= 0.6 is 0 Å². The molecule has 7 aromatic rings. The molecule has 1 nitrogen and oxygen atoms in total. The SMILES string of the molecule is CC1(c2ccccc2)c2cc3c(cc2-c2cccc(-c4nc5ccccc5c5ccccc45)c21)-c1ccccc1CC3. The number of hydrogen-bond acceptors (Lipinski definition) is 1. The highest BCUT2D eigenvalue weighted by atomic mass is 14.7. The van der Waals surface area contributed by atoms with Crippen molar-refractivity contribution in [1.29, 1.82) is 0 Å². The van der Waals surface area contributed by atoms with Crippen molar-refractivity contribution in [3.05, 3.63) is 161 Å². The van der Waals surface area contributed by atoms with E-state index in [-0.39, 0.29) is 5.41 Å². The number of fused-ring (bicyclic) bond motifs is 9. The summed E-state index contributed by atoms with van der Waals surface area (Å²) in [6.45, 7) is 2.43. The molecule has 2 aliphatic carbocycles. The van der Waals surface area contributed by atoms with Crippen LogP contribution in [0, 0.1) is 0 Å². The summed E-state index contributed by atoms with van der Waals surface area (Å²) in [4.78, 5) is 5.38. The van der Waals surface area contributed by atoms with Crippen molar-refractivity contribution in [2.24, 2.45) is 0 Å². The zero-order valence-corrected chi connectivity index (χ0v) is 23.6. The minimum absolute atomic E-state index is 0.317. The molecule has 0 amide bonds. The van der Waals surface area contributed by atoms with E-state index in [1.165, 1.54) is 71.8 Å². The maximum Gasteiger partial charge on any atom is 0.0791 e. The topological polar surface area (TPSA) is 12.9 Å². The third-order valence-electron chi connectivity index (χ3n) is 9.82. The van der Waals surface area contributed by atoms with E-state index >= 15 is 0 Å². The summed E-state index contributed by atoms with van der Waals surface area (Å²) in [5.74, 6) is 0. The van der Waals surface area contributed by atoms with E-state index in [2.05, 4.69) is 140 Å². The van der Waals surface area contributed by atoms with Gasteiger partial charge in [-0.15, -0.1) is 0 Å². The predicted octanol–water partition coefficient (Wildman–Crippen LogP) is 10.2. The van der Waals surface area contributed by atoms with Crippen molar-refractivity contribution in [2.75, 3.05) is 0 Å². The van der Waals surface area contributed by atoms with Gasteiger partial charge in [0.05, 0.1) is 11.2 Å². The smallest absolute Gasteiger partial charge is 0.0791 e. The fraction of sp³-hybridized carbons (Fsp3) is 0.0976. The lowest BCUT2D eigenvalue weighted by Crippen LogP contribution is -2.24. The maximum absolute atomic E-state index is 5.38. The van der Waals surface area contributed by atoms with Gasteiger partial charge >= 0.3 is 0 Å². The highest BCUT2D eigenvalue weighted by Crippen LogP contribution is 2.57. The van der Waals surface area contributed by atoms with Crippen LogP contribution in [0.4, 0.5) is 0 Å². The molecular formula is C41H29N. The van der Waals surface area contributed by atoms with E-state index in [4.69, 9.17) is 4.98 Å². The monoisotopic (exact) mass is 535 g/mol. The second kappa shape index (κ2) is 8.74. The van der Waals surface area contributed by atoms with Crippen LogP contribution in [0.5, 0.6) is 0 Å². The second-order valence-corrected chi connectivity index (χ2v) is 12.0. The van der Waals surface area contributed by atoms with E-state index in [1.807, 2.05) is 0 Å². The Kier molecular flexibility index (Phi) is 4.93. The van der Waals surface area contributed by atoms with Gasteiger partial charge in [0.2, 0.25) is 0 Å². The lowest BCUT2D eigenvalue weighted by Gasteiger charge is -2.31. The maximum atomic E-state index is 5.38. The average molecular weight is 536 g/mol. The van der Waals surface area contributed by atoms with E-state index < -0.39 is 0 Å². The van der Waals surface area contributed by atoms with E-state index in [1.54, 1.807) is 0 Å². The number of para-hydroxylation sites is 1. The molecule has 9 rings (SSSR count). The Morgan fingerprint density at radius 1 is 0.500 bits per heavy atom. The Hall–Kier alpha value is -5.01.